The average Bonchev–Trinajstić information content (AvgIpc) is 2.42. The highest BCUT2D eigenvalue weighted by Gasteiger charge is 2.31. The van der Waals surface area contributed by atoms with Crippen LogP contribution in [-0.4, -0.2) is 72.2 Å². The molecule has 0 spiro atoms. The van der Waals surface area contributed by atoms with Crippen LogP contribution in [0.1, 0.15) is 20.8 Å². The van der Waals surface area contributed by atoms with Gasteiger partial charge in [0.15, 0.2) is 0 Å². The molecule has 1 heterocycles. The van der Waals surface area contributed by atoms with Gasteiger partial charge in [0.1, 0.15) is 0 Å². The van der Waals surface area contributed by atoms with Crippen LogP contribution in [-0.2, 0) is 19.2 Å². The Morgan fingerprint density at radius 3 is 2.43 bits per heavy atom. The predicted octanol–water partition coefficient (Wildman–Crippen LogP) is -1.68. The first-order valence-electron chi connectivity index (χ1n) is 6.92. The Morgan fingerprint density at radius 2 is 1.95 bits per heavy atom. The van der Waals surface area contributed by atoms with E-state index < -0.39 is 0 Å². The zero-order valence-corrected chi connectivity index (χ0v) is 12.6. The summed E-state index contributed by atoms with van der Waals surface area (Å²) in [6.07, 6.45) is 0.359. The highest BCUT2D eigenvalue weighted by molar-refractivity contribution is 5.99. The normalized spacial score (nSPS) is 19.0. The summed E-state index contributed by atoms with van der Waals surface area (Å²) >= 11 is 0. The van der Waals surface area contributed by atoms with Crippen LogP contribution in [0.2, 0.25) is 0 Å². The molecular formula is C13H22N4O4. The Labute approximate surface area is 123 Å². The predicted molar refractivity (Wildman–Crippen MR) is 75.1 cm³/mol. The van der Waals surface area contributed by atoms with Gasteiger partial charge in [0.25, 0.3) is 0 Å². The minimum atomic E-state index is -0.377. The van der Waals surface area contributed by atoms with Gasteiger partial charge in [-0.1, -0.05) is 6.92 Å². The van der Waals surface area contributed by atoms with Crippen LogP contribution >= 0.6 is 0 Å². The number of nitrogens with zero attached hydrogens (tertiary/aromatic N) is 2. The molecule has 21 heavy (non-hydrogen) atoms. The molecule has 1 saturated heterocycles. The van der Waals surface area contributed by atoms with Crippen LogP contribution in [0.5, 0.6) is 0 Å². The van der Waals surface area contributed by atoms with Crippen LogP contribution in [0.25, 0.3) is 0 Å². The summed E-state index contributed by atoms with van der Waals surface area (Å²) in [5.41, 5.74) is 0. The maximum absolute atomic E-state index is 11.5. The van der Waals surface area contributed by atoms with Gasteiger partial charge in [0, 0.05) is 12.1 Å². The van der Waals surface area contributed by atoms with Gasteiger partial charge in [-0.2, -0.15) is 0 Å². The number of rotatable bonds is 7. The molecule has 0 saturated carbocycles. The first-order valence-corrected chi connectivity index (χ1v) is 6.92. The third-order valence-electron chi connectivity index (χ3n) is 3.80. The third-order valence-corrected chi connectivity index (χ3v) is 3.80. The minimum Gasteiger partial charge on any atom is -0.298 e. The lowest BCUT2D eigenvalue weighted by Crippen LogP contribution is -2.59. The molecule has 1 rings (SSSR count). The molecule has 0 aliphatic carbocycles. The monoisotopic (exact) mass is 298 g/mol. The summed E-state index contributed by atoms with van der Waals surface area (Å²) in [5, 5.41) is 4.36. The maximum Gasteiger partial charge on any atom is 0.240 e. The molecule has 0 aromatic carbocycles. The van der Waals surface area contributed by atoms with Crippen molar-refractivity contribution >= 4 is 24.1 Å². The number of imide groups is 2. The van der Waals surface area contributed by atoms with E-state index in [0.29, 0.717) is 13.0 Å². The summed E-state index contributed by atoms with van der Waals surface area (Å²) in [6.45, 7) is 6.78. The molecule has 1 aliphatic rings. The molecule has 0 bridgehead atoms. The van der Waals surface area contributed by atoms with E-state index in [1.54, 1.807) is 4.90 Å². The van der Waals surface area contributed by atoms with Crippen molar-refractivity contribution in [2.75, 3.05) is 26.2 Å². The van der Waals surface area contributed by atoms with E-state index in [1.165, 1.54) is 0 Å². The Balaban J connectivity index is 2.67. The molecule has 2 atom stereocenters. The van der Waals surface area contributed by atoms with E-state index in [-0.39, 0.29) is 49.4 Å². The first-order chi connectivity index (χ1) is 9.88. The number of hydrogen-bond donors (Lipinski definition) is 2. The summed E-state index contributed by atoms with van der Waals surface area (Å²) in [7, 11) is 0. The highest BCUT2D eigenvalue weighted by Crippen LogP contribution is 2.12. The number of nitrogens with one attached hydrogen (secondary N) is 2. The van der Waals surface area contributed by atoms with E-state index in [2.05, 4.69) is 10.6 Å². The van der Waals surface area contributed by atoms with Crippen LogP contribution in [0.4, 0.5) is 0 Å². The minimum absolute atomic E-state index is 0.0499. The molecule has 0 radical (unpaired) electrons. The lowest BCUT2D eigenvalue weighted by atomic mass is 10.1. The lowest BCUT2D eigenvalue weighted by molar-refractivity contribution is -0.138. The largest absolute Gasteiger partial charge is 0.298 e. The van der Waals surface area contributed by atoms with Crippen LogP contribution in [0, 0.1) is 0 Å². The van der Waals surface area contributed by atoms with E-state index in [1.807, 2.05) is 25.7 Å². The standard InChI is InChI=1S/C13H22N4O4/c1-4-16(5-11(19)14-8-18)9(2)10(3)17-6-12(20)15-13(21)7-17/h8-10H,4-7H2,1-3H3,(H,14,18,19)(H,15,20,21). The average molecular weight is 298 g/mol. The quantitative estimate of drug-likeness (QED) is 0.430. The van der Waals surface area contributed by atoms with Gasteiger partial charge in [-0.05, 0) is 20.4 Å². The SMILES string of the molecule is CCN(CC(=O)NC=O)C(C)C(C)N1CC(=O)NC(=O)C1. The Hall–Kier alpha value is -1.80. The van der Waals surface area contributed by atoms with Gasteiger partial charge in [-0.3, -0.25) is 39.6 Å². The molecule has 2 unspecified atom stereocenters. The van der Waals surface area contributed by atoms with Gasteiger partial charge in [0.2, 0.25) is 24.1 Å². The molecule has 0 aromatic heterocycles. The summed E-state index contributed by atoms with van der Waals surface area (Å²) in [4.78, 5) is 48.3. The van der Waals surface area contributed by atoms with Gasteiger partial charge < -0.3 is 0 Å². The fraction of sp³-hybridized carbons (Fsp3) is 0.692. The van der Waals surface area contributed by atoms with Crippen molar-refractivity contribution in [1.82, 2.24) is 20.4 Å². The van der Waals surface area contributed by atoms with Crippen molar-refractivity contribution in [3.05, 3.63) is 0 Å². The van der Waals surface area contributed by atoms with Gasteiger partial charge in [-0.15, -0.1) is 0 Å². The first kappa shape index (κ1) is 17.3. The molecule has 2 N–H and O–H groups in total. The molecule has 1 fully saturated rings. The Morgan fingerprint density at radius 1 is 1.38 bits per heavy atom. The molecule has 8 heteroatoms. The zero-order chi connectivity index (χ0) is 16.0. The van der Waals surface area contributed by atoms with Crippen molar-refractivity contribution in [3.63, 3.8) is 0 Å². The topological polar surface area (TPSA) is 98.8 Å². The summed E-state index contributed by atoms with van der Waals surface area (Å²) in [6, 6.07) is -0.130. The number of amides is 4. The van der Waals surface area contributed by atoms with Crippen molar-refractivity contribution in [1.29, 1.82) is 0 Å². The summed E-state index contributed by atoms with van der Waals surface area (Å²) < 4.78 is 0. The number of hydrogen-bond acceptors (Lipinski definition) is 6. The fourth-order valence-corrected chi connectivity index (χ4v) is 2.40. The Kier molecular flexibility index (Phi) is 6.44. The highest BCUT2D eigenvalue weighted by atomic mass is 16.2. The molecule has 1 aliphatic heterocycles. The number of likely N-dealkylation sites (N-methyl/N-ethyl adjacent to an activating group) is 1. The van der Waals surface area contributed by atoms with Crippen molar-refractivity contribution in [2.45, 2.75) is 32.9 Å². The smallest absolute Gasteiger partial charge is 0.240 e. The molecule has 0 aromatic rings. The van der Waals surface area contributed by atoms with Gasteiger partial charge in [0.05, 0.1) is 19.6 Å². The lowest BCUT2D eigenvalue weighted by Gasteiger charge is -2.39. The molecule has 8 nitrogen and oxygen atoms in total. The van der Waals surface area contributed by atoms with E-state index in [0.717, 1.165) is 0 Å². The second-order valence-corrected chi connectivity index (χ2v) is 5.11. The fourth-order valence-electron chi connectivity index (χ4n) is 2.40. The van der Waals surface area contributed by atoms with Gasteiger partial charge >= 0.3 is 0 Å². The van der Waals surface area contributed by atoms with E-state index in [9.17, 15) is 19.2 Å². The van der Waals surface area contributed by atoms with E-state index >= 15 is 0 Å². The number of carbonyl (C=O) groups is 4. The van der Waals surface area contributed by atoms with Crippen LogP contribution in [0.15, 0.2) is 0 Å². The van der Waals surface area contributed by atoms with Crippen molar-refractivity contribution in [3.8, 4) is 0 Å². The van der Waals surface area contributed by atoms with E-state index in [4.69, 9.17) is 0 Å². The Bertz CT molecular complexity index is 410. The molecular weight excluding hydrogens is 276 g/mol. The summed E-state index contributed by atoms with van der Waals surface area (Å²) in [5.74, 6) is -1.00. The zero-order valence-electron chi connectivity index (χ0n) is 12.6. The second-order valence-electron chi connectivity index (χ2n) is 5.11. The third kappa shape index (κ3) is 4.91. The van der Waals surface area contributed by atoms with Crippen molar-refractivity contribution in [2.24, 2.45) is 0 Å². The molecule has 4 amide bonds. The van der Waals surface area contributed by atoms with Crippen LogP contribution in [0.3, 0.4) is 0 Å². The van der Waals surface area contributed by atoms with Gasteiger partial charge in [-0.25, -0.2) is 0 Å². The maximum atomic E-state index is 11.5. The number of piperazine rings is 1. The second kappa shape index (κ2) is 7.84. The molecule has 118 valence electrons. The van der Waals surface area contributed by atoms with Crippen molar-refractivity contribution < 1.29 is 19.2 Å². The van der Waals surface area contributed by atoms with Crippen LogP contribution < -0.4 is 10.6 Å². The number of carbonyl (C=O) groups excluding carboxylic acids is 4.